The zero-order valence-corrected chi connectivity index (χ0v) is 16.8. The van der Waals surface area contributed by atoms with Crippen molar-refractivity contribution in [2.75, 3.05) is 7.11 Å². The Kier molecular flexibility index (Phi) is 5.30. The molecule has 8 nitrogen and oxygen atoms in total. The van der Waals surface area contributed by atoms with Gasteiger partial charge in [0.25, 0.3) is 0 Å². The van der Waals surface area contributed by atoms with E-state index in [2.05, 4.69) is 22.2 Å². The Morgan fingerprint density at radius 1 is 1.21 bits per heavy atom. The van der Waals surface area contributed by atoms with Gasteiger partial charge in [-0.15, -0.1) is 0 Å². The third-order valence-electron chi connectivity index (χ3n) is 5.70. The Balaban J connectivity index is 1.42. The Bertz CT molecular complexity index is 1020. The molecule has 1 amide bonds. The van der Waals surface area contributed by atoms with Crippen molar-refractivity contribution >= 4 is 15.9 Å². The summed E-state index contributed by atoms with van der Waals surface area (Å²) < 4.78 is 28.1. The fraction of sp³-hybridized carbons (Fsp3) is 0.350. The van der Waals surface area contributed by atoms with Gasteiger partial charge in [0.1, 0.15) is 11.8 Å². The minimum absolute atomic E-state index is 0.0494. The summed E-state index contributed by atoms with van der Waals surface area (Å²) in [6, 6.07) is 11.9. The number of carbonyl (C=O) groups excluding carboxylic acids is 1. The van der Waals surface area contributed by atoms with Crippen LogP contribution in [0.1, 0.15) is 29.2 Å². The molecule has 154 valence electrons. The molecule has 1 aliphatic carbocycles. The molecule has 0 spiro atoms. The van der Waals surface area contributed by atoms with Gasteiger partial charge in [-0.25, -0.2) is 24.4 Å². The van der Waals surface area contributed by atoms with Gasteiger partial charge in [0.05, 0.1) is 18.0 Å². The van der Waals surface area contributed by atoms with Crippen LogP contribution in [0.15, 0.2) is 47.4 Å². The first-order valence-electron chi connectivity index (χ1n) is 9.45. The standard InChI is InChI=1S/C20H24N4O4S/c1-28-17-4-2-3-15-14(17)9-10-16-18(15)23-24-19(16)20(25)22-11-12-5-7-13(8-6-12)29(21,26)27/h2-8,16,18-19,23-24H,9-11H2,1H3,(H,22,25)(H2,21,26,27). The average Bonchev–Trinajstić information content (AvgIpc) is 3.16. The third kappa shape index (κ3) is 3.86. The highest BCUT2D eigenvalue weighted by molar-refractivity contribution is 7.89. The van der Waals surface area contributed by atoms with E-state index in [1.807, 2.05) is 12.1 Å². The van der Waals surface area contributed by atoms with E-state index in [4.69, 9.17) is 9.88 Å². The fourth-order valence-corrected chi connectivity index (χ4v) is 4.74. The molecule has 0 aromatic heterocycles. The molecule has 1 heterocycles. The summed E-state index contributed by atoms with van der Waals surface area (Å²) in [5.74, 6) is 0.935. The molecule has 0 saturated carbocycles. The molecule has 29 heavy (non-hydrogen) atoms. The first-order valence-corrected chi connectivity index (χ1v) is 11.0. The lowest BCUT2D eigenvalue weighted by Gasteiger charge is -2.30. The van der Waals surface area contributed by atoms with E-state index in [9.17, 15) is 13.2 Å². The number of hydrazine groups is 1. The van der Waals surface area contributed by atoms with Crippen molar-refractivity contribution in [3.63, 3.8) is 0 Å². The lowest BCUT2D eigenvalue weighted by molar-refractivity contribution is -0.124. The Hall–Kier alpha value is -2.46. The highest BCUT2D eigenvalue weighted by Crippen LogP contribution is 2.42. The number of methoxy groups -OCH3 is 1. The van der Waals surface area contributed by atoms with Gasteiger partial charge in [-0.2, -0.15) is 0 Å². The second-order valence-electron chi connectivity index (χ2n) is 7.38. The molecule has 4 rings (SSSR count). The summed E-state index contributed by atoms with van der Waals surface area (Å²) in [6.07, 6.45) is 1.74. The first kappa shape index (κ1) is 19.8. The van der Waals surface area contributed by atoms with Crippen molar-refractivity contribution in [2.24, 2.45) is 11.1 Å². The first-order chi connectivity index (χ1) is 13.9. The smallest absolute Gasteiger partial charge is 0.239 e. The van der Waals surface area contributed by atoms with Crippen LogP contribution in [-0.2, 0) is 27.8 Å². The highest BCUT2D eigenvalue weighted by Gasteiger charge is 2.43. The topological polar surface area (TPSA) is 123 Å². The minimum atomic E-state index is -3.72. The molecule has 2 aromatic rings. The zero-order chi connectivity index (χ0) is 20.6. The van der Waals surface area contributed by atoms with Crippen LogP contribution in [0, 0.1) is 5.92 Å². The highest BCUT2D eigenvalue weighted by atomic mass is 32.2. The van der Waals surface area contributed by atoms with Crippen LogP contribution in [0.5, 0.6) is 5.75 Å². The molecular weight excluding hydrogens is 392 g/mol. The number of hydrogen-bond acceptors (Lipinski definition) is 6. The summed E-state index contributed by atoms with van der Waals surface area (Å²) in [6.45, 7) is 0.309. The van der Waals surface area contributed by atoms with Crippen molar-refractivity contribution in [3.8, 4) is 5.75 Å². The summed E-state index contributed by atoms with van der Waals surface area (Å²) in [5.41, 5.74) is 9.58. The lowest BCUT2D eigenvalue weighted by atomic mass is 9.77. The van der Waals surface area contributed by atoms with E-state index in [0.29, 0.717) is 6.54 Å². The molecule has 0 bridgehead atoms. The van der Waals surface area contributed by atoms with Gasteiger partial charge in [0, 0.05) is 12.5 Å². The van der Waals surface area contributed by atoms with E-state index in [1.54, 1.807) is 19.2 Å². The summed E-state index contributed by atoms with van der Waals surface area (Å²) >= 11 is 0. The van der Waals surface area contributed by atoms with Crippen LogP contribution in [0.25, 0.3) is 0 Å². The van der Waals surface area contributed by atoms with Gasteiger partial charge in [-0.05, 0) is 47.7 Å². The molecule has 5 N–H and O–H groups in total. The number of benzene rings is 2. The number of nitrogens with two attached hydrogens (primary N) is 1. The van der Waals surface area contributed by atoms with Crippen molar-refractivity contribution < 1.29 is 17.9 Å². The number of fused-ring (bicyclic) bond motifs is 3. The fourth-order valence-electron chi connectivity index (χ4n) is 4.23. The minimum Gasteiger partial charge on any atom is -0.496 e. The normalized spacial score (nSPS) is 23.2. The van der Waals surface area contributed by atoms with E-state index < -0.39 is 10.0 Å². The van der Waals surface area contributed by atoms with Crippen molar-refractivity contribution in [2.45, 2.75) is 36.4 Å². The number of rotatable bonds is 5. The molecule has 0 radical (unpaired) electrons. The molecule has 2 aromatic carbocycles. The Morgan fingerprint density at radius 3 is 2.66 bits per heavy atom. The number of nitrogens with one attached hydrogen (secondary N) is 3. The number of amides is 1. The Morgan fingerprint density at radius 2 is 1.97 bits per heavy atom. The second-order valence-corrected chi connectivity index (χ2v) is 8.94. The van der Waals surface area contributed by atoms with Crippen LogP contribution in [-0.4, -0.2) is 27.5 Å². The van der Waals surface area contributed by atoms with Crippen molar-refractivity contribution in [3.05, 3.63) is 59.2 Å². The van der Waals surface area contributed by atoms with E-state index in [-0.39, 0.29) is 28.8 Å². The van der Waals surface area contributed by atoms with Crippen LogP contribution in [0.2, 0.25) is 0 Å². The van der Waals surface area contributed by atoms with Gasteiger partial charge >= 0.3 is 0 Å². The van der Waals surface area contributed by atoms with Gasteiger partial charge < -0.3 is 10.1 Å². The van der Waals surface area contributed by atoms with Crippen LogP contribution >= 0.6 is 0 Å². The van der Waals surface area contributed by atoms with Crippen LogP contribution < -0.4 is 26.0 Å². The van der Waals surface area contributed by atoms with E-state index in [0.717, 1.165) is 24.2 Å². The average molecular weight is 417 g/mol. The van der Waals surface area contributed by atoms with Gasteiger partial charge in [-0.1, -0.05) is 24.3 Å². The summed E-state index contributed by atoms with van der Waals surface area (Å²) in [5, 5.41) is 8.04. The molecule has 2 aliphatic rings. The van der Waals surface area contributed by atoms with Crippen LogP contribution in [0.4, 0.5) is 0 Å². The summed E-state index contributed by atoms with van der Waals surface area (Å²) in [4.78, 5) is 12.8. The van der Waals surface area contributed by atoms with E-state index >= 15 is 0 Å². The maximum Gasteiger partial charge on any atom is 0.239 e. The zero-order valence-electron chi connectivity index (χ0n) is 16.0. The number of sulfonamides is 1. The molecule has 3 unspecified atom stereocenters. The predicted molar refractivity (Wildman–Crippen MR) is 107 cm³/mol. The van der Waals surface area contributed by atoms with Gasteiger partial charge in [-0.3, -0.25) is 4.79 Å². The summed E-state index contributed by atoms with van der Waals surface area (Å²) in [7, 11) is -2.05. The maximum absolute atomic E-state index is 12.8. The third-order valence-corrected chi connectivity index (χ3v) is 6.63. The molecular formula is C20H24N4O4S. The maximum atomic E-state index is 12.8. The predicted octanol–water partition coefficient (Wildman–Crippen LogP) is 0.739. The number of carbonyl (C=O) groups is 1. The van der Waals surface area contributed by atoms with Crippen LogP contribution in [0.3, 0.4) is 0 Å². The quantitative estimate of drug-likeness (QED) is 0.570. The second kappa shape index (κ2) is 7.75. The number of ether oxygens (including phenoxy) is 1. The number of hydrogen-bond donors (Lipinski definition) is 4. The molecule has 9 heteroatoms. The SMILES string of the molecule is COc1cccc2c1CCC1C(C(=O)NCc3ccc(S(N)(=O)=O)cc3)NNC21. The Labute approximate surface area is 169 Å². The van der Waals surface area contributed by atoms with Crippen molar-refractivity contribution in [1.29, 1.82) is 0 Å². The molecule has 1 fully saturated rings. The van der Waals surface area contributed by atoms with E-state index in [1.165, 1.54) is 23.3 Å². The molecule has 3 atom stereocenters. The lowest BCUT2D eigenvalue weighted by Crippen LogP contribution is -2.45. The van der Waals surface area contributed by atoms with Gasteiger partial charge in [0.15, 0.2) is 0 Å². The molecule has 1 saturated heterocycles. The molecule has 1 aliphatic heterocycles. The largest absolute Gasteiger partial charge is 0.496 e. The monoisotopic (exact) mass is 416 g/mol. The van der Waals surface area contributed by atoms with Gasteiger partial charge in [0.2, 0.25) is 15.9 Å². The van der Waals surface area contributed by atoms with Crippen molar-refractivity contribution in [1.82, 2.24) is 16.2 Å². The number of primary sulfonamides is 1.